The number of alkyl halides is 1. The highest BCUT2D eigenvalue weighted by molar-refractivity contribution is 6.17. The zero-order valence-corrected chi connectivity index (χ0v) is 10.3. The molecule has 0 aliphatic carbocycles. The first kappa shape index (κ1) is 12.5. The Bertz CT molecular complexity index is 307. The maximum absolute atomic E-state index is 5.59. The number of ether oxygens (including phenoxy) is 1. The quantitative estimate of drug-likeness (QED) is 0.749. The van der Waals surface area contributed by atoms with E-state index in [9.17, 15) is 0 Å². The Kier molecular flexibility index (Phi) is 4.11. The van der Waals surface area contributed by atoms with E-state index in [1.165, 1.54) is 0 Å². The molecule has 5 heteroatoms. The summed E-state index contributed by atoms with van der Waals surface area (Å²) < 4.78 is 10.4. The molecule has 0 aromatic carbocycles. The van der Waals surface area contributed by atoms with Gasteiger partial charge in [-0.25, -0.2) is 0 Å². The van der Waals surface area contributed by atoms with Crippen LogP contribution >= 0.6 is 11.6 Å². The molecular weight excluding hydrogens is 216 g/mol. The van der Waals surface area contributed by atoms with E-state index in [0.717, 1.165) is 0 Å². The second-order valence-electron chi connectivity index (χ2n) is 4.47. The van der Waals surface area contributed by atoms with Crippen molar-refractivity contribution in [3.8, 4) is 0 Å². The summed E-state index contributed by atoms with van der Waals surface area (Å²) in [6, 6.07) is 0. The van der Waals surface area contributed by atoms with Crippen molar-refractivity contribution in [2.24, 2.45) is 5.41 Å². The second kappa shape index (κ2) is 4.94. The maximum Gasteiger partial charge on any atom is 0.227 e. The molecule has 0 spiro atoms. The number of nitrogens with zero attached hydrogens (tertiary/aromatic N) is 2. The van der Waals surface area contributed by atoms with Crippen LogP contribution in [0.4, 0.5) is 0 Å². The molecule has 0 aliphatic rings. The van der Waals surface area contributed by atoms with Crippen molar-refractivity contribution in [3.05, 3.63) is 11.7 Å². The van der Waals surface area contributed by atoms with Crippen LogP contribution in [0.1, 0.15) is 38.6 Å². The molecule has 1 aromatic rings. The lowest BCUT2D eigenvalue weighted by atomic mass is 9.88. The van der Waals surface area contributed by atoms with Crippen molar-refractivity contribution in [3.63, 3.8) is 0 Å². The molecule has 1 heterocycles. The predicted molar refractivity (Wildman–Crippen MR) is 57.9 cm³/mol. The zero-order chi connectivity index (χ0) is 11.5. The van der Waals surface area contributed by atoms with Crippen LogP contribution in [0.15, 0.2) is 4.52 Å². The van der Waals surface area contributed by atoms with E-state index in [4.69, 9.17) is 20.9 Å². The van der Waals surface area contributed by atoms with Gasteiger partial charge in [-0.2, -0.15) is 4.98 Å². The van der Waals surface area contributed by atoms with Gasteiger partial charge >= 0.3 is 0 Å². The van der Waals surface area contributed by atoms with E-state index in [1.54, 1.807) is 7.11 Å². The lowest BCUT2D eigenvalue weighted by Crippen LogP contribution is -2.21. The molecule has 0 amide bonds. The van der Waals surface area contributed by atoms with Gasteiger partial charge in [-0.3, -0.25) is 0 Å². The monoisotopic (exact) mass is 232 g/mol. The van der Waals surface area contributed by atoms with Crippen molar-refractivity contribution >= 4 is 11.6 Å². The van der Waals surface area contributed by atoms with Gasteiger partial charge in [-0.05, 0) is 5.41 Å². The highest BCUT2D eigenvalue weighted by Gasteiger charge is 2.30. The molecule has 1 unspecified atom stereocenters. The fraction of sp³-hybridized carbons (Fsp3) is 0.800. The molecule has 0 radical (unpaired) electrons. The Morgan fingerprint density at radius 2 is 2.13 bits per heavy atom. The normalized spacial score (nSPS) is 14.2. The summed E-state index contributed by atoms with van der Waals surface area (Å²) in [4.78, 5) is 4.25. The Balaban J connectivity index is 2.83. The van der Waals surface area contributed by atoms with Crippen LogP contribution in [0.25, 0.3) is 0 Å². The highest BCUT2D eigenvalue weighted by Crippen LogP contribution is 2.33. The van der Waals surface area contributed by atoms with Gasteiger partial charge in [-0.15, -0.1) is 11.6 Å². The third kappa shape index (κ3) is 3.18. The van der Waals surface area contributed by atoms with Gasteiger partial charge in [-0.1, -0.05) is 25.9 Å². The number of rotatable bonds is 4. The molecule has 0 saturated carbocycles. The minimum Gasteiger partial charge on any atom is -0.373 e. The van der Waals surface area contributed by atoms with E-state index < -0.39 is 0 Å². The SMILES string of the molecule is COC(c1noc(CCCl)n1)C(C)(C)C. The molecule has 15 heavy (non-hydrogen) atoms. The molecule has 4 nitrogen and oxygen atoms in total. The van der Waals surface area contributed by atoms with Crippen LogP contribution in [-0.4, -0.2) is 23.1 Å². The Hall–Kier alpha value is -0.610. The van der Waals surface area contributed by atoms with E-state index in [2.05, 4.69) is 30.9 Å². The summed E-state index contributed by atoms with van der Waals surface area (Å²) >= 11 is 5.59. The molecule has 0 bridgehead atoms. The Morgan fingerprint density at radius 1 is 1.47 bits per heavy atom. The fourth-order valence-electron chi connectivity index (χ4n) is 1.40. The number of methoxy groups -OCH3 is 1. The molecular formula is C10H17ClN2O2. The lowest BCUT2D eigenvalue weighted by Gasteiger charge is -2.26. The van der Waals surface area contributed by atoms with Gasteiger partial charge in [0, 0.05) is 19.4 Å². The van der Waals surface area contributed by atoms with Gasteiger partial charge in [0.2, 0.25) is 11.7 Å². The first-order valence-electron chi connectivity index (χ1n) is 4.90. The van der Waals surface area contributed by atoms with Crippen molar-refractivity contribution in [2.45, 2.75) is 33.3 Å². The van der Waals surface area contributed by atoms with Gasteiger partial charge in [0.1, 0.15) is 6.10 Å². The molecule has 0 saturated heterocycles. The molecule has 0 aliphatic heterocycles. The van der Waals surface area contributed by atoms with Gasteiger partial charge in [0.15, 0.2) is 0 Å². The average Bonchev–Trinajstić information content (AvgIpc) is 2.52. The van der Waals surface area contributed by atoms with Crippen molar-refractivity contribution in [2.75, 3.05) is 13.0 Å². The minimum atomic E-state index is -0.162. The van der Waals surface area contributed by atoms with Gasteiger partial charge in [0.05, 0.1) is 0 Å². The number of hydrogen-bond acceptors (Lipinski definition) is 4. The standard InChI is InChI=1S/C10H17ClN2O2/c1-10(2,3)8(14-4)9-12-7(5-6-11)15-13-9/h8H,5-6H2,1-4H3. The molecule has 1 aromatic heterocycles. The smallest absolute Gasteiger partial charge is 0.227 e. The zero-order valence-electron chi connectivity index (χ0n) is 9.58. The van der Waals surface area contributed by atoms with Crippen LogP contribution in [0.5, 0.6) is 0 Å². The average molecular weight is 233 g/mol. The Labute approximate surface area is 95.0 Å². The van der Waals surface area contributed by atoms with E-state index in [1.807, 2.05) is 0 Å². The number of aryl methyl sites for hydroxylation is 1. The summed E-state index contributed by atoms with van der Waals surface area (Å²) in [6.07, 6.45) is 0.431. The molecule has 0 fully saturated rings. The van der Waals surface area contributed by atoms with Crippen molar-refractivity contribution < 1.29 is 9.26 Å². The van der Waals surface area contributed by atoms with Crippen LogP contribution in [0, 0.1) is 5.41 Å². The highest BCUT2D eigenvalue weighted by atomic mass is 35.5. The van der Waals surface area contributed by atoms with E-state index >= 15 is 0 Å². The van der Waals surface area contributed by atoms with Crippen LogP contribution < -0.4 is 0 Å². The van der Waals surface area contributed by atoms with Crippen molar-refractivity contribution in [1.82, 2.24) is 10.1 Å². The number of halogens is 1. The third-order valence-electron chi connectivity index (χ3n) is 2.05. The molecule has 86 valence electrons. The minimum absolute atomic E-state index is 0.0587. The summed E-state index contributed by atoms with van der Waals surface area (Å²) in [6.45, 7) is 6.20. The van der Waals surface area contributed by atoms with Crippen LogP contribution in [0.2, 0.25) is 0 Å². The van der Waals surface area contributed by atoms with Crippen LogP contribution in [0.3, 0.4) is 0 Å². The van der Waals surface area contributed by atoms with E-state index in [-0.39, 0.29) is 11.5 Å². The molecule has 1 rings (SSSR count). The van der Waals surface area contributed by atoms with Crippen LogP contribution in [-0.2, 0) is 11.2 Å². The summed E-state index contributed by atoms with van der Waals surface area (Å²) in [5.41, 5.74) is -0.0587. The molecule has 1 atom stereocenters. The summed E-state index contributed by atoms with van der Waals surface area (Å²) in [5.74, 6) is 1.63. The second-order valence-corrected chi connectivity index (χ2v) is 4.85. The van der Waals surface area contributed by atoms with Gasteiger partial charge < -0.3 is 9.26 Å². The third-order valence-corrected chi connectivity index (χ3v) is 2.24. The van der Waals surface area contributed by atoms with E-state index in [0.29, 0.717) is 24.0 Å². The largest absolute Gasteiger partial charge is 0.373 e. The number of aromatic nitrogens is 2. The topological polar surface area (TPSA) is 48.2 Å². The maximum atomic E-state index is 5.59. The fourth-order valence-corrected chi connectivity index (χ4v) is 1.56. The number of hydrogen-bond donors (Lipinski definition) is 0. The van der Waals surface area contributed by atoms with Crippen molar-refractivity contribution in [1.29, 1.82) is 0 Å². The Morgan fingerprint density at radius 3 is 2.60 bits per heavy atom. The summed E-state index contributed by atoms with van der Waals surface area (Å²) in [5, 5.41) is 3.90. The first-order valence-corrected chi connectivity index (χ1v) is 5.43. The first-order chi connectivity index (χ1) is 6.99. The lowest BCUT2D eigenvalue weighted by molar-refractivity contribution is 0.00718. The predicted octanol–water partition coefficient (Wildman–Crippen LogP) is 2.58. The summed E-state index contributed by atoms with van der Waals surface area (Å²) in [7, 11) is 1.65. The molecule has 0 N–H and O–H groups in total. The van der Waals surface area contributed by atoms with Gasteiger partial charge in [0.25, 0.3) is 0 Å².